The van der Waals surface area contributed by atoms with Crippen molar-refractivity contribution in [3.8, 4) is 10.4 Å². The molecule has 2 aromatic rings. The zero-order valence-electron chi connectivity index (χ0n) is 12.2. The Morgan fingerprint density at radius 1 is 1.05 bits per heavy atom. The minimum absolute atomic E-state index is 0.516. The number of hydrogen-bond donors (Lipinski definition) is 1. The molecule has 1 atom stereocenters. The Morgan fingerprint density at radius 2 is 1.80 bits per heavy atom. The second-order valence-corrected chi connectivity index (χ2v) is 7.37. The van der Waals surface area contributed by atoms with Gasteiger partial charge in [-0.25, -0.2) is 0 Å². The van der Waals surface area contributed by atoms with E-state index in [9.17, 15) is 0 Å². The van der Waals surface area contributed by atoms with Crippen molar-refractivity contribution in [2.24, 2.45) is 0 Å². The molecule has 1 aromatic carbocycles. The molecule has 20 heavy (non-hydrogen) atoms. The quantitative estimate of drug-likeness (QED) is 0.575. The summed E-state index contributed by atoms with van der Waals surface area (Å²) in [5.41, 5.74) is 1.33. The average molecular weight is 399 g/mol. The van der Waals surface area contributed by atoms with Gasteiger partial charge in [-0.15, -0.1) is 11.3 Å². The number of hydrogen-bond acceptors (Lipinski definition) is 2. The summed E-state index contributed by atoms with van der Waals surface area (Å²) in [6.07, 6.45) is 3.63. The highest BCUT2D eigenvalue weighted by Crippen LogP contribution is 2.33. The van der Waals surface area contributed by atoms with E-state index in [0.717, 1.165) is 6.54 Å². The lowest BCUT2D eigenvalue weighted by atomic mass is 10.1. The Hall–Kier alpha value is -0.390. The maximum atomic E-state index is 3.67. The van der Waals surface area contributed by atoms with Gasteiger partial charge in [-0.1, -0.05) is 32.4 Å². The molecular weight excluding hydrogens is 377 g/mol. The molecule has 2 rings (SSSR count). The standard InChI is InChI=1S/C17H22INS/c1-3-5-15(19-12-4-2)17-11-10-16(20-17)13-6-8-14(18)9-7-13/h6-11,15,19H,3-5,12H2,1-2H3. The molecule has 3 heteroatoms. The molecular formula is C17H22INS. The summed E-state index contributed by atoms with van der Waals surface area (Å²) in [4.78, 5) is 2.84. The SMILES string of the molecule is CCCNC(CCC)c1ccc(-c2ccc(I)cc2)s1. The molecule has 0 saturated heterocycles. The summed E-state index contributed by atoms with van der Waals surface area (Å²) in [5.74, 6) is 0. The van der Waals surface area contributed by atoms with Gasteiger partial charge in [0.2, 0.25) is 0 Å². The lowest BCUT2D eigenvalue weighted by Crippen LogP contribution is -2.21. The molecule has 1 nitrogen and oxygen atoms in total. The normalized spacial score (nSPS) is 12.6. The first-order chi connectivity index (χ1) is 9.74. The van der Waals surface area contributed by atoms with Crippen molar-refractivity contribution in [1.82, 2.24) is 5.32 Å². The van der Waals surface area contributed by atoms with E-state index in [2.05, 4.69) is 78.2 Å². The van der Waals surface area contributed by atoms with E-state index < -0.39 is 0 Å². The summed E-state index contributed by atoms with van der Waals surface area (Å²) in [6.45, 7) is 5.58. The van der Waals surface area contributed by atoms with Gasteiger partial charge < -0.3 is 5.32 Å². The average Bonchev–Trinajstić information content (AvgIpc) is 2.94. The van der Waals surface area contributed by atoms with Crippen LogP contribution in [0.1, 0.15) is 44.0 Å². The van der Waals surface area contributed by atoms with E-state index in [-0.39, 0.29) is 0 Å². The summed E-state index contributed by atoms with van der Waals surface area (Å²) in [7, 11) is 0. The predicted molar refractivity (Wildman–Crippen MR) is 98.4 cm³/mol. The largest absolute Gasteiger partial charge is 0.309 e. The molecule has 0 spiro atoms. The second kappa shape index (κ2) is 8.15. The van der Waals surface area contributed by atoms with E-state index in [1.807, 2.05) is 11.3 Å². The second-order valence-electron chi connectivity index (χ2n) is 5.00. The highest BCUT2D eigenvalue weighted by molar-refractivity contribution is 14.1. The lowest BCUT2D eigenvalue weighted by molar-refractivity contribution is 0.501. The Balaban J connectivity index is 2.15. The van der Waals surface area contributed by atoms with Crippen LogP contribution < -0.4 is 5.32 Å². The molecule has 1 N–H and O–H groups in total. The third-order valence-electron chi connectivity index (χ3n) is 3.32. The van der Waals surface area contributed by atoms with Crippen LogP contribution in [0, 0.1) is 3.57 Å². The highest BCUT2D eigenvalue weighted by Gasteiger charge is 2.12. The summed E-state index contributed by atoms with van der Waals surface area (Å²) in [6, 6.07) is 13.8. The van der Waals surface area contributed by atoms with E-state index in [0.29, 0.717) is 6.04 Å². The molecule has 1 unspecified atom stereocenters. The van der Waals surface area contributed by atoms with Gasteiger partial charge >= 0.3 is 0 Å². The molecule has 108 valence electrons. The Kier molecular flexibility index (Phi) is 6.52. The van der Waals surface area contributed by atoms with E-state index in [1.165, 1.54) is 38.2 Å². The molecule has 0 aliphatic rings. The van der Waals surface area contributed by atoms with Crippen molar-refractivity contribution in [3.05, 3.63) is 44.8 Å². The molecule has 0 radical (unpaired) electrons. The molecule has 0 bridgehead atoms. The van der Waals surface area contributed by atoms with Gasteiger partial charge in [-0.3, -0.25) is 0 Å². The fraction of sp³-hybridized carbons (Fsp3) is 0.412. The van der Waals surface area contributed by atoms with Crippen molar-refractivity contribution in [2.75, 3.05) is 6.54 Å². The minimum atomic E-state index is 0.516. The third kappa shape index (κ3) is 4.30. The van der Waals surface area contributed by atoms with Gasteiger partial charge in [0.05, 0.1) is 0 Å². The van der Waals surface area contributed by atoms with Crippen LogP contribution in [0.15, 0.2) is 36.4 Å². The van der Waals surface area contributed by atoms with Crippen molar-refractivity contribution >= 4 is 33.9 Å². The van der Waals surface area contributed by atoms with E-state index in [1.54, 1.807) is 0 Å². The highest BCUT2D eigenvalue weighted by atomic mass is 127. The molecule has 0 aliphatic carbocycles. The number of nitrogens with one attached hydrogen (secondary N) is 1. The van der Waals surface area contributed by atoms with Crippen LogP contribution in [0.25, 0.3) is 10.4 Å². The number of thiophene rings is 1. The number of rotatable bonds is 7. The van der Waals surface area contributed by atoms with Crippen molar-refractivity contribution in [1.29, 1.82) is 0 Å². The smallest absolute Gasteiger partial charge is 0.0414 e. The molecule has 0 fully saturated rings. The molecule has 1 heterocycles. The van der Waals surface area contributed by atoms with Crippen LogP contribution in [0.2, 0.25) is 0 Å². The predicted octanol–water partition coefficient (Wildman–Crippen LogP) is 5.86. The van der Waals surface area contributed by atoms with Crippen molar-refractivity contribution in [3.63, 3.8) is 0 Å². The number of benzene rings is 1. The molecule has 0 saturated carbocycles. The maximum Gasteiger partial charge on any atom is 0.0414 e. The van der Waals surface area contributed by atoms with Gasteiger partial charge in [-0.05, 0) is 71.8 Å². The first-order valence-electron chi connectivity index (χ1n) is 7.33. The van der Waals surface area contributed by atoms with Crippen LogP contribution in [-0.4, -0.2) is 6.54 Å². The van der Waals surface area contributed by atoms with Crippen LogP contribution in [0.3, 0.4) is 0 Å². The fourth-order valence-electron chi connectivity index (χ4n) is 2.26. The van der Waals surface area contributed by atoms with Crippen LogP contribution in [0.5, 0.6) is 0 Å². The monoisotopic (exact) mass is 399 g/mol. The third-order valence-corrected chi connectivity index (χ3v) is 5.28. The zero-order chi connectivity index (χ0) is 14.4. The van der Waals surface area contributed by atoms with E-state index >= 15 is 0 Å². The minimum Gasteiger partial charge on any atom is -0.309 e. The van der Waals surface area contributed by atoms with Gasteiger partial charge in [0.15, 0.2) is 0 Å². The van der Waals surface area contributed by atoms with Gasteiger partial charge in [0.25, 0.3) is 0 Å². The molecule has 0 aliphatic heterocycles. The van der Waals surface area contributed by atoms with Gasteiger partial charge in [0, 0.05) is 19.4 Å². The van der Waals surface area contributed by atoms with Gasteiger partial charge in [-0.2, -0.15) is 0 Å². The van der Waals surface area contributed by atoms with E-state index in [4.69, 9.17) is 0 Å². The maximum absolute atomic E-state index is 3.67. The summed E-state index contributed by atoms with van der Waals surface area (Å²) < 4.78 is 1.29. The zero-order valence-corrected chi connectivity index (χ0v) is 15.1. The van der Waals surface area contributed by atoms with Crippen molar-refractivity contribution in [2.45, 2.75) is 39.2 Å². The Bertz CT molecular complexity index is 518. The van der Waals surface area contributed by atoms with Crippen LogP contribution in [0.4, 0.5) is 0 Å². The molecule has 1 aromatic heterocycles. The van der Waals surface area contributed by atoms with Crippen molar-refractivity contribution < 1.29 is 0 Å². The number of halogens is 1. The Labute approximate surface area is 139 Å². The molecule has 0 amide bonds. The van der Waals surface area contributed by atoms with Crippen LogP contribution >= 0.6 is 33.9 Å². The first kappa shape index (κ1) is 16.0. The summed E-state index contributed by atoms with van der Waals surface area (Å²) in [5, 5.41) is 3.67. The summed E-state index contributed by atoms with van der Waals surface area (Å²) >= 11 is 4.28. The Morgan fingerprint density at radius 3 is 2.45 bits per heavy atom. The van der Waals surface area contributed by atoms with Crippen LogP contribution in [-0.2, 0) is 0 Å². The first-order valence-corrected chi connectivity index (χ1v) is 9.23. The van der Waals surface area contributed by atoms with Gasteiger partial charge in [0.1, 0.15) is 0 Å². The fourth-order valence-corrected chi connectivity index (χ4v) is 3.74. The lowest BCUT2D eigenvalue weighted by Gasteiger charge is -2.16. The topological polar surface area (TPSA) is 12.0 Å².